The van der Waals surface area contributed by atoms with E-state index in [0.717, 1.165) is 0 Å². The first-order valence-corrected chi connectivity index (χ1v) is 6.66. The van der Waals surface area contributed by atoms with Crippen molar-refractivity contribution in [2.75, 3.05) is 0 Å². The van der Waals surface area contributed by atoms with Crippen LogP contribution < -0.4 is 0 Å². The molecule has 0 N–H and O–H groups in total. The highest BCUT2D eigenvalue weighted by atomic mass is 35.5. The van der Waals surface area contributed by atoms with Gasteiger partial charge in [-0.25, -0.2) is 4.79 Å². The maximum atomic E-state index is 12.1. The van der Waals surface area contributed by atoms with Crippen molar-refractivity contribution in [3.63, 3.8) is 0 Å². The van der Waals surface area contributed by atoms with Crippen LogP contribution in [0, 0.1) is 0 Å². The lowest BCUT2D eigenvalue weighted by Gasteiger charge is -2.10. The number of ketones is 1. The second-order valence-corrected chi connectivity index (χ2v) is 4.74. The second-order valence-electron chi connectivity index (χ2n) is 4.30. The number of carbonyl (C=O) groups excluding carboxylic acids is 2. The molecule has 21 heavy (non-hydrogen) atoms. The Morgan fingerprint density at radius 1 is 1.24 bits per heavy atom. The van der Waals surface area contributed by atoms with Gasteiger partial charge in [0.15, 0.2) is 6.10 Å². The lowest BCUT2D eigenvalue weighted by atomic mass is 10.1. The van der Waals surface area contributed by atoms with E-state index in [1.54, 1.807) is 36.4 Å². The molecule has 0 aliphatic carbocycles. The van der Waals surface area contributed by atoms with Crippen LogP contribution in [-0.2, 0) is 9.53 Å². The summed E-state index contributed by atoms with van der Waals surface area (Å²) in [6.45, 7) is 1.52. The monoisotopic (exact) mass is 304 g/mol. The van der Waals surface area contributed by atoms with Gasteiger partial charge >= 0.3 is 5.97 Å². The summed E-state index contributed by atoms with van der Waals surface area (Å²) in [5.41, 5.74) is 0.440. The van der Waals surface area contributed by atoms with E-state index in [0.29, 0.717) is 16.3 Å². The summed E-state index contributed by atoms with van der Waals surface area (Å²) in [6, 6.07) is 9.81. The maximum Gasteiger partial charge on any atom is 0.331 e. The molecule has 1 aromatic carbocycles. The molecule has 0 amide bonds. The van der Waals surface area contributed by atoms with Gasteiger partial charge in [0.1, 0.15) is 5.76 Å². The smallest absolute Gasteiger partial charge is 0.331 e. The fourth-order valence-electron chi connectivity index (χ4n) is 1.65. The van der Waals surface area contributed by atoms with Crippen LogP contribution in [0.1, 0.15) is 23.0 Å². The molecule has 0 bridgehead atoms. The zero-order valence-corrected chi connectivity index (χ0v) is 12.0. The number of carbonyl (C=O) groups is 2. The SMILES string of the molecule is C[C@H](OC(=O)/C=C/c1ccco1)C(=O)c1ccc(Cl)cc1. The summed E-state index contributed by atoms with van der Waals surface area (Å²) < 4.78 is 10.1. The molecule has 0 fully saturated rings. The molecule has 0 aliphatic heterocycles. The van der Waals surface area contributed by atoms with E-state index in [1.165, 1.54) is 25.3 Å². The van der Waals surface area contributed by atoms with E-state index >= 15 is 0 Å². The normalized spacial score (nSPS) is 12.3. The molecule has 2 rings (SSSR count). The Hall–Kier alpha value is -2.33. The molecule has 0 saturated carbocycles. The van der Waals surface area contributed by atoms with E-state index in [4.69, 9.17) is 20.8 Å². The van der Waals surface area contributed by atoms with Gasteiger partial charge < -0.3 is 9.15 Å². The molecule has 1 heterocycles. The number of ether oxygens (including phenoxy) is 1. The minimum absolute atomic E-state index is 0.286. The first kappa shape index (κ1) is 15.1. The van der Waals surface area contributed by atoms with Crippen LogP contribution in [0.2, 0.25) is 5.02 Å². The minimum Gasteiger partial charge on any atom is -0.465 e. The Kier molecular flexibility index (Phi) is 4.95. The number of halogens is 1. The lowest BCUT2D eigenvalue weighted by molar-refractivity contribution is -0.140. The summed E-state index contributed by atoms with van der Waals surface area (Å²) in [7, 11) is 0. The first-order chi connectivity index (χ1) is 10.1. The average Bonchev–Trinajstić information content (AvgIpc) is 2.98. The summed E-state index contributed by atoms with van der Waals surface area (Å²) in [6.07, 6.45) is 3.31. The summed E-state index contributed by atoms with van der Waals surface area (Å²) in [5, 5.41) is 0.539. The van der Waals surface area contributed by atoms with Crippen molar-refractivity contribution >= 4 is 29.4 Å². The Labute approximate surface area is 127 Å². The lowest BCUT2D eigenvalue weighted by Crippen LogP contribution is -2.23. The minimum atomic E-state index is -0.875. The van der Waals surface area contributed by atoms with E-state index in [9.17, 15) is 9.59 Å². The van der Waals surface area contributed by atoms with Crippen LogP contribution in [0.5, 0.6) is 0 Å². The number of rotatable bonds is 5. The van der Waals surface area contributed by atoms with E-state index in [-0.39, 0.29) is 5.78 Å². The topological polar surface area (TPSA) is 56.5 Å². The highest BCUT2D eigenvalue weighted by molar-refractivity contribution is 6.30. The Morgan fingerprint density at radius 2 is 1.95 bits per heavy atom. The van der Waals surface area contributed by atoms with Crippen molar-refractivity contribution in [2.45, 2.75) is 13.0 Å². The van der Waals surface area contributed by atoms with Gasteiger partial charge in [0.25, 0.3) is 0 Å². The van der Waals surface area contributed by atoms with Crippen molar-refractivity contribution in [1.29, 1.82) is 0 Å². The van der Waals surface area contributed by atoms with Crippen molar-refractivity contribution in [2.24, 2.45) is 0 Å². The molecular formula is C16H13ClO4. The van der Waals surface area contributed by atoms with Crippen LogP contribution in [0.4, 0.5) is 0 Å². The molecule has 0 radical (unpaired) electrons. The maximum absolute atomic E-state index is 12.1. The van der Waals surface area contributed by atoms with Crippen LogP contribution in [-0.4, -0.2) is 17.9 Å². The first-order valence-electron chi connectivity index (χ1n) is 6.28. The number of hydrogen-bond donors (Lipinski definition) is 0. The predicted octanol–water partition coefficient (Wildman–Crippen LogP) is 3.76. The zero-order valence-electron chi connectivity index (χ0n) is 11.3. The molecule has 1 aromatic heterocycles. The van der Waals surface area contributed by atoms with E-state index in [2.05, 4.69) is 0 Å². The Morgan fingerprint density at radius 3 is 2.57 bits per heavy atom. The highest BCUT2D eigenvalue weighted by Gasteiger charge is 2.18. The van der Waals surface area contributed by atoms with Gasteiger partial charge in [-0.2, -0.15) is 0 Å². The van der Waals surface area contributed by atoms with Gasteiger partial charge in [0, 0.05) is 16.7 Å². The van der Waals surface area contributed by atoms with Gasteiger partial charge in [0.2, 0.25) is 5.78 Å². The van der Waals surface area contributed by atoms with Crippen LogP contribution in [0.15, 0.2) is 53.2 Å². The van der Waals surface area contributed by atoms with Crippen molar-refractivity contribution in [1.82, 2.24) is 0 Å². The number of hydrogen-bond acceptors (Lipinski definition) is 4. The van der Waals surface area contributed by atoms with Gasteiger partial charge in [-0.15, -0.1) is 0 Å². The van der Waals surface area contributed by atoms with Gasteiger partial charge in [0.05, 0.1) is 6.26 Å². The van der Waals surface area contributed by atoms with Crippen molar-refractivity contribution in [3.8, 4) is 0 Å². The molecule has 0 spiro atoms. The number of Topliss-reactive ketones (excluding diaryl/α,β-unsaturated/α-hetero) is 1. The average molecular weight is 305 g/mol. The molecule has 5 heteroatoms. The third-order valence-electron chi connectivity index (χ3n) is 2.72. The van der Waals surface area contributed by atoms with E-state index in [1.807, 2.05) is 0 Å². The molecule has 0 unspecified atom stereocenters. The number of furan rings is 1. The van der Waals surface area contributed by atoms with Crippen LogP contribution in [0.25, 0.3) is 6.08 Å². The third-order valence-corrected chi connectivity index (χ3v) is 2.97. The quantitative estimate of drug-likeness (QED) is 0.479. The summed E-state index contributed by atoms with van der Waals surface area (Å²) in [5.74, 6) is -0.365. The number of benzene rings is 1. The fourth-order valence-corrected chi connectivity index (χ4v) is 1.78. The summed E-state index contributed by atoms with van der Waals surface area (Å²) in [4.78, 5) is 23.7. The largest absolute Gasteiger partial charge is 0.465 e. The zero-order chi connectivity index (χ0) is 15.2. The molecule has 1 atom stereocenters. The van der Waals surface area contributed by atoms with Gasteiger partial charge in [-0.05, 0) is 49.4 Å². The molecule has 108 valence electrons. The molecular weight excluding hydrogens is 292 g/mol. The predicted molar refractivity (Wildman–Crippen MR) is 79.1 cm³/mol. The highest BCUT2D eigenvalue weighted by Crippen LogP contribution is 2.12. The molecule has 4 nitrogen and oxygen atoms in total. The van der Waals surface area contributed by atoms with Crippen LogP contribution in [0.3, 0.4) is 0 Å². The second kappa shape index (κ2) is 6.90. The standard InChI is InChI=1S/C16H13ClO4/c1-11(16(19)12-4-6-13(17)7-5-12)21-15(18)9-8-14-3-2-10-20-14/h2-11H,1H3/b9-8+/t11-/m0/s1. The van der Waals surface area contributed by atoms with Crippen molar-refractivity contribution in [3.05, 3.63) is 65.1 Å². The Bertz CT molecular complexity index is 641. The molecule has 2 aromatic rings. The molecule has 0 aliphatic rings. The molecule has 0 saturated heterocycles. The fraction of sp³-hybridized carbons (Fsp3) is 0.125. The Balaban J connectivity index is 1.94. The van der Waals surface area contributed by atoms with Gasteiger partial charge in [-0.1, -0.05) is 11.6 Å². The summed E-state index contributed by atoms with van der Waals surface area (Å²) >= 11 is 5.76. The number of esters is 1. The van der Waals surface area contributed by atoms with Crippen molar-refractivity contribution < 1.29 is 18.7 Å². The third kappa shape index (κ3) is 4.33. The van der Waals surface area contributed by atoms with E-state index < -0.39 is 12.1 Å². The van der Waals surface area contributed by atoms with Gasteiger partial charge in [-0.3, -0.25) is 4.79 Å². The van der Waals surface area contributed by atoms with Crippen LogP contribution >= 0.6 is 11.6 Å².